The monoisotopic (exact) mass is 581 g/mol. The summed E-state index contributed by atoms with van der Waals surface area (Å²) in [5, 5.41) is 2.88. The van der Waals surface area contributed by atoms with Crippen LogP contribution in [0.4, 0.5) is 5.69 Å². The molecule has 1 atom stereocenters. The molecule has 41 heavy (non-hydrogen) atoms. The molecule has 0 spiro atoms. The second-order valence-corrected chi connectivity index (χ2v) is 11.8. The number of carbonyl (C=O) groups excluding carboxylic acids is 2. The first-order chi connectivity index (χ1) is 19.6. The third-order valence-electron chi connectivity index (χ3n) is 6.41. The van der Waals surface area contributed by atoms with Crippen LogP contribution in [-0.4, -0.2) is 58.0 Å². The molecule has 0 saturated carbocycles. The SMILES string of the molecule is CCOc1ccccc1N(CC(=O)N(Cc1ccc(OC)cc1)C(C)C(=O)NCC(C)C)S(=O)(=O)c1ccccc1. The molecule has 1 N–H and O–H groups in total. The van der Waals surface area contributed by atoms with Gasteiger partial charge < -0.3 is 19.7 Å². The molecule has 0 fully saturated rings. The van der Waals surface area contributed by atoms with Crippen molar-refractivity contribution in [3.8, 4) is 11.5 Å². The second kappa shape index (κ2) is 14.5. The molecule has 0 aliphatic heterocycles. The minimum Gasteiger partial charge on any atom is -0.497 e. The summed E-state index contributed by atoms with van der Waals surface area (Å²) in [7, 11) is -2.62. The minimum absolute atomic E-state index is 0.0310. The highest BCUT2D eigenvalue weighted by molar-refractivity contribution is 7.92. The van der Waals surface area contributed by atoms with Gasteiger partial charge in [0.05, 0.1) is 24.3 Å². The van der Waals surface area contributed by atoms with E-state index in [2.05, 4.69) is 5.32 Å². The Kier molecular flexibility index (Phi) is 11.2. The third-order valence-corrected chi connectivity index (χ3v) is 8.18. The highest BCUT2D eigenvalue weighted by atomic mass is 32.2. The van der Waals surface area contributed by atoms with Gasteiger partial charge in [-0.2, -0.15) is 0 Å². The van der Waals surface area contributed by atoms with Gasteiger partial charge in [-0.15, -0.1) is 0 Å². The minimum atomic E-state index is -4.18. The molecule has 0 bridgehead atoms. The number of para-hydroxylation sites is 2. The Labute approximate surface area is 243 Å². The number of benzene rings is 3. The first kappa shape index (κ1) is 31.5. The van der Waals surface area contributed by atoms with Gasteiger partial charge in [0.2, 0.25) is 11.8 Å². The summed E-state index contributed by atoms with van der Waals surface area (Å²) >= 11 is 0. The van der Waals surface area contributed by atoms with E-state index in [9.17, 15) is 18.0 Å². The Bertz CT molecular complexity index is 1390. The molecule has 1 unspecified atom stereocenters. The van der Waals surface area contributed by atoms with Crippen LogP contribution in [0, 0.1) is 5.92 Å². The van der Waals surface area contributed by atoms with Crippen LogP contribution in [0.5, 0.6) is 11.5 Å². The molecule has 0 heterocycles. The molecule has 2 amide bonds. The summed E-state index contributed by atoms with van der Waals surface area (Å²) in [4.78, 5) is 28.6. The first-order valence-electron chi connectivity index (χ1n) is 13.6. The van der Waals surface area contributed by atoms with E-state index in [4.69, 9.17) is 9.47 Å². The fourth-order valence-corrected chi connectivity index (χ4v) is 5.58. The molecule has 0 aliphatic carbocycles. The van der Waals surface area contributed by atoms with Gasteiger partial charge in [0.25, 0.3) is 10.0 Å². The number of amides is 2. The van der Waals surface area contributed by atoms with Gasteiger partial charge in [-0.05, 0) is 61.7 Å². The van der Waals surface area contributed by atoms with Crippen LogP contribution in [0.2, 0.25) is 0 Å². The van der Waals surface area contributed by atoms with E-state index in [0.29, 0.717) is 24.7 Å². The maximum absolute atomic E-state index is 14.1. The number of anilines is 1. The summed E-state index contributed by atoms with van der Waals surface area (Å²) in [5.41, 5.74) is 0.989. The van der Waals surface area contributed by atoms with Crippen molar-refractivity contribution in [3.63, 3.8) is 0 Å². The average molecular weight is 582 g/mol. The molecule has 3 aromatic rings. The number of nitrogens with zero attached hydrogens (tertiary/aromatic N) is 2. The predicted octanol–water partition coefficient (Wildman–Crippen LogP) is 4.48. The lowest BCUT2D eigenvalue weighted by Crippen LogP contribution is -2.51. The van der Waals surface area contributed by atoms with Gasteiger partial charge in [0, 0.05) is 13.1 Å². The Balaban J connectivity index is 2.04. The number of methoxy groups -OCH3 is 1. The highest BCUT2D eigenvalue weighted by Crippen LogP contribution is 2.33. The molecule has 9 nitrogen and oxygen atoms in total. The van der Waals surface area contributed by atoms with Crippen molar-refractivity contribution >= 4 is 27.5 Å². The van der Waals surface area contributed by atoms with Crippen LogP contribution in [0.1, 0.15) is 33.3 Å². The number of nitrogens with one attached hydrogen (secondary N) is 1. The highest BCUT2D eigenvalue weighted by Gasteiger charge is 2.33. The standard InChI is InChI=1S/C31H39N3O6S/c1-6-40-29-15-11-10-14-28(29)34(41(37,38)27-12-8-7-9-13-27)22-30(35)33(24(4)31(36)32-20-23(2)3)21-25-16-18-26(39-5)19-17-25/h7-19,23-24H,6,20-22H2,1-5H3,(H,32,36). The number of sulfonamides is 1. The fourth-order valence-electron chi connectivity index (χ4n) is 4.14. The fraction of sp³-hybridized carbons (Fsp3) is 0.355. The lowest BCUT2D eigenvalue weighted by atomic mass is 10.1. The molecule has 3 aromatic carbocycles. The number of hydrogen-bond donors (Lipinski definition) is 1. The van der Waals surface area contributed by atoms with Gasteiger partial charge >= 0.3 is 0 Å². The van der Waals surface area contributed by atoms with Gasteiger partial charge in [0.1, 0.15) is 24.1 Å². The topological polar surface area (TPSA) is 105 Å². The van der Waals surface area contributed by atoms with Crippen molar-refractivity contribution in [2.24, 2.45) is 5.92 Å². The first-order valence-corrected chi connectivity index (χ1v) is 15.0. The smallest absolute Gasteiger partial charge is 0.264 e. The molecule has 0 aromatic heterocycles. The Morgan fingerprint density at radius 1 is 0.902 bits per heavy atom. The van der Waals surface area contributed by atoms with Gasteiger partial charge in [-0.3, -0.25) is 13.9 Å². The number of carbonyl (C=O) groups is 2. The van der Waals surface area contributed by atoms with Crippen LogP contribution in [-0.2, 0) is 26.2 Å². The summed E-state index contributed by atoms with van der Waals surface area (Å²) in [6.07, 6.45) is 0. The predicted molar refractivity (Wildman–Crippen MR) is 159 cm³/mol. The second-order valence-electron chi connectivity index (χ2n) is 9.91. The molecule has 0 aliphatic rings. The van der Waals surface area contributed by atoms with Crippen LogP contribution < -0.4 is 19.1 Å². The maximum Gasteiger partial charge on any atom is 0.264 e. The lowest BCUT2D eigenvalue weighted by molar-refractivity contribution is -0.139. The summed E-state index contributed by atoms with van der Waals surface area (Å²) in [6, 6.07) is 20.9. The molecule has 220 valence electrons. The number of ether oxygens (including phenoxy) is 2. The van der Waals surface area contributed by atoms with Gasteiger partial charge in [-0.1, -0.05) is 56.3 Å². The van der Waals surface area contributed by atoms with Crippen molar-refractivity contribution in [2.75, 3.05) is 31.1 Å². The number of hydrogen-bond acceptors (Lipinski definition) is 6. The number of rotatable bonds is 14. The van der Waals surface area contributed by atoms with E-state index in [1.165, 1.54) is 17.0 Å². The molecular weight excluding hydrogens is 542 g/mol. The van der Waals surface area contributed by atoms with Crippen LogP contribution in [0.15, 0.2) is 83.8 Å². The van der Waals surface area contributed by atoms with E-state index in [-0.39, 0.29) is 29.0 Å². The normalized spacial score (nSPS) is 12.0. The molecule has 0 saturated heterocycles. The van der Waals surface area contributed by atoms with Crippen LogP contribution in [0.3, 0.4) is 0 Å². The van der Waals surface area contributed by atoms with E-state index in [1.54, 1.807) is 87.7 Å². The zero-order valence-corrected chi connectivity index (χ0v) is 25.1. The summed E-state index contributed by atoms with van der Waals surface area (Å²) in [6.45, 7) is 7.70. The Morgan fingerprint density at radius 2 is 1.54 bits per heavy atom. The quantitative estimate of drug-likeness (QED) is 0.301. The van der Waals surface area contributed by atoms with Gasteiger partial charge in [0.15, 0.2) is 0 Å². The molecule has 10 heteroatoms. The van der Waals surface area contributed by atoms with E-state index in [0.717, 1.165) is 9.87 Å². The van der Waals surface area contributed by atoms with Gasteiger partial charge in [-0.25, -0.2) is 8.42 Å². The van der Waals surface area contributed by atoms with E-state index < -0.39 is 28.5 Å². The van der Waals surface area contributed by atoms with Crippen molar-refractivity contribution in [3.05, 3.63) is 84.4 Å². The molecular formula is C31H39N3O6S. The van der Waals surface area contributed by atoms with Crippen LogP contribution in [0.25, 0.3) is 0 Å². The maximum atomic E-state index is 14.1. The van der Waals surface area contributed by atoms with E-state index in [1.807, 2.05) is 13.8 Å². The lowest BCUT2D eigenvalue weighted by Gasteiger charge is -2.32. The van der Waals surface area contributed by atoms with Crippen LogP contribution >= 0.6 is 0 Å². The molecule has 0 radical (unpaired) electrons. The van der Waals surface area contributed by atoms with E-state index >= 15 is 0 Å². The third kappa shape index (κ3) is 8.23. The zero-order valence-electron chi connectivity index (χ0n) is 24.2. The van der Waals surface area contributed by atoms with Crippen molar-refractivity contribution < 1.29 is 27.5 Å². The average Bonchev–Trinajstić information content (AvgIpc) is 2.98. The van der Waals surface area contributed by atoms with Crippen molar-refractivity contribution in [1.29, 1.82) is 0 Å². The Morgan fingerprint density at radius 3 is 2.15 bits per heavy atom. The van der Waals surface area contributed by atoms with Crippen molar-refractivity contribution in [1.82, 2.24) is 10.2 Å². The zero-order chi connectivity index (χ0) is 30.0. The summed E-state index contributed by atoms with van der Waals surface area (Å²) in [5.74, 6) is 0.332. The largest absolute Gasteiger partial charge is 0.497 e. The Hall–Kier alpha value is -4.05. The summed E-state index contributed by atoms with van der Waals surface area (Å²) < 4.78 is 40.0. The molecule has 3 rings (SSSR count). The van der Waals surface area contributed by atoms with Crippen molar-refractivity contribution in [2.45, 2.75) is 45.2 Å².